The third-order valence-electron chi connectivity index (χ3n) is 2.88. The van der Waals surface area contributed by atoms with Crippen molar-refractivity contribution in [3.63, 3.8) is 0 Å². The Kier molecular flexibility index (Phi) is 5.48. The van der Waals surface area contributed by atoms with Crippen LogP contribution in [0.15, 0.2) is 12.1 Å². The van der Waals surface area contributed by atoms with Crippen molar-refractivity contribution in [2.24, 2.45) is 5.41 Å². The third-order valence-corrected chi connectivity index (χ3v) is 3.60. The molecule has 0 radical (unpaired) electrons. The summed E-state index contributed by atoms with van der Waals surface area (Å²) in [6.45, 7) is 6.96. The lowest BCUT2D eigenvalue weighted by Crippen LogP contribution is -2.50. The minimum Gasteiger partial charge on any atom is -0.480 e. The summed E-state index contributed by atoms with van der Waals surface area (Å²) >= 11 is 12.0. The number of hydrogen-bond donors (Lipinski definition) is 3. The summed E-state index contributed by atoms with van der Waals surface area (Å²) in [7, 11) is 0. The fraction of sp³-hybridized carbons (Fsp3) is 0.429. The summed E-state index contributed by atoms with van der Waals surface area (Å²) in [6.07, 6.45) is 0. The van der Waals surface area contributed by atoms with Crippen LogP contribution in [-0.4, -0.2) is 23.1 Å². The molecule has 1 atom stereocenters. The molecule has 0 aliphatic rings. The van der Waals surface area contributed by atoms with Gasteiger partial charge in [0.1, 0.15) is 6.04 Å². The van der Waals surface area contributed by atoms with Gasteiger partial charge >= 0.3 is 12.0 Å². The van der Waals surface area contributed by atoms with Gasteiger partial charge in [0.05, 0.1) is 10.7 Å². The number of hydrogen-bond acceptors (Lipinski definition) is 2. The van der Waals surface area contributed by atoms with E-state index in [4.69, 9.17) is 28.3 Å². The smallest absolute Gasteiger partial charge is 0.326 e. The van der Waals surface area contributed by atoms with Gasteiger partial charge in [-0.25, -0.2) is 9.59 Å². The summed E-state index contributed by atoms with van der Waals surface area (Å²) in [4.78, 5) is 23.1. The molecule has 3 N–H and O–H groups in total. The second kappa shape index (κ2) is 6.54. The molecule has 2 amide bonds. The molecule has 21 heavy (non-hydrogen) atoms. The Morgan fingerprint density at radius 2 is 1.76 bits per heavy atom. The number of urea groups is 1. The van der Waals surface area contributed by atoms with Crippen molar-refractivity contribution in [2.75, 3.05) is 5.32 Å². The number of carboxylic acids is 1. The molecule has 0 aliphatic carbocycles. The SMILES string of the molecule is Cc1cc(Cl)c(NC(=O)N[C@H](C(=O)O)C(C)(C)C)cc1Cl. The van der Waals surface area contributed by atoms with Crippen LogP contribution in [0.4, 0.5) is 10.5 Å². The van der Waals surface area contributed by atoms with Crippen LogP contribution in [0.25, 0.3) is 0 Å². The standard InChI is InChI=1S/C14H18Cl2N2O3/c1-7-5-9(16)10(6-8(7)15)17-13(21)18-11(12(19)20)14(2,3)4/h5-6,11H,1-4H3,(H,19,20)(H2,17,18,21)/t11-/m1/s1. The van der Waals surface area contributed by atoms with E-state index in [2.05, 4.69) is 10.6 Å². The van der Waals surface area contributed by atoms with Crippen molar-refractivity contribution < 1.29 is 14.7 Å². The van der Waals surface area contributed by atoms with E-state index in [0.717, 1.165) is 5.56 Å². The van der Waals surface area contributed by atoms with E-state index in [1.54, 1.807) is 33.8 Å². The highest BCUT2D eigenvalue weighted by Crippen LogP contribution is 2.29. The van der Waals surface area contributed by atoms with Gasteiger partial charge in [-0.05, 0) is 30.0 Å². The Morgan fingerprint density at radius 3 is 2.24 bits per heavy atom. The van der Waals surface area contributed by atoms with Crippen molar-refractivity contribution in [2.45, 2.75) is 33.7 Å². The minimum atomic E-state index is -1.11. The van der Waals surface area contributed by atoms with Gasteiger partial charge in [-0.15, -0.1) is 0 Å². The molecule has 0 saturated heterocycles. The van der Waals surface area contributed by atoms with Crippen LogP contribution in [-0.2, 0) is 4.79 Å². The van der Waals surface area contributed by atoms with E-state index >= 15 is 0 Å². The molecule has 0 aromatic heterocycles. The fourth-order valence-corrected chi connectivity index (χ4v) is 2.11. The molecule has 0 aliphatic heterocycles. The van der Waals surface area contributed by atoms with Gasteiger partial charge in [0.2, 0.25) is 0 Å². The Bertz CT molecular complexity index is 568. The first kappa shape index (κ1) is 17.6. The van der Waals surface area contributed by atoms with Crippen LogP contribution in [0.2, 0.25) is 10.0 Å². The first-order chi connectivity index (χ1) is 9.52. The van der Waals surface area contributed by atoms with Gasteiger partial charge in [0.15, 0.2) is 0 Å². The molecule has 7 heteroatoms. The molecular weight excluding hydrogens is 315 g/mol. The second-order valence-electron chi connectivity index (χ2n) is 5.82. The van der Waals surface area contributed by atoms with E-state index in [0.29, 0.717) is 15.7 Å². The number of amides is 2. The van der Waals surface area contributed by atoms with Crippen LogP contribution in [0, 0.1) is 12.3 Å². The lowest BCUT2D eigenvalue weighted by Gasteiger charge is -2.27. The predicted molar refractivity (Wildman–Crippen MR) is 84.2 cm³/mol. The summed E-state index contributed by atoms with van der Waals surface area (Å²) < 4.78 is 0. The van der Waals surface area contributed by atoms with Crippen molar-refractivity contribution in [1.29, 1.82) is 0 Å². The Morgan fingerprint density at radius 1 is 1.19 bits per heavy atom. The van der Waals surface area contributed by atoms with E-state index in [-0.39, 0.29) is 0 Å². The van der Waals surface area contributed by atoms with Crippen LogP contribution >= 0.6 is 23.2 Å². The molecule has 0 fully saturated rings. The molecular formula is C14H18Cl2N2O3. The lowest BCUT2D eigenvalue weighted by atomic mass is 9.87. The first-order valence-corrected chi connectivity index (χ1v) is 7.04. The second-order valence-corrected chi connectivity index (χ2v) is 6.63. The molecule has 116 valence electrons. The molecule has 0 spiro atoms. The predicted octanol–water partition coefficient (Wildman–Crippen LogP) is 3.92. The van der Waals surface area contributed by atoms with Gasteiger partial charge in [-0.1, -0.05) is 44.0 Å². The normalized spacial score (nSPS) is 12.7. The summed E-state index contributed by atoms with van der Waals surface area (Å²) in [5.41, 5.74) is 0.478. The van der Waals surface area contributed by atoms with E-state index in [1.165, 1.54) is 6.07 Å². The number of carbonyl (C=O) groups excluding carboxylic acids is 1. The molecule has 0 bridgehead atoms. The zero-order valence-corrected chi connectivity index (χ0v) is 13.8. The van der Waals surface area contributed by atoms with Crippen LogP contribution in [0.5, 0.6) is 0 Å². The van der Waals surface area contributed by atoms with Crippen molar-refractivity contribution >= 4 is 40.9 Å². The molecule has 1 aromatic carbocycles. The first-order valence-electron chi connectivity index (χ1n) is 6.28. The number of aryl methyl sites for hydroxylation is 1. The van der Waals surface area contributed by atoms with Crippen LogP contribution < -0.4 is 10.6 Å². The van der Waals surface area contributed by atoms with Crippen molar-refractivity contribution in [1.82, 2.24) is 5.32 Å². The molecule has 1 aromatic rings. The quantitative estimate of drug-likeness (QED) is 0.784. The van der Waals surface area contributed by atoms with Crippen molar-refractivity contribution in [3.8, 4) is 0 Å². The maximum Gasteiger partial charge on any atom is 0.326 e. The van der Waals surface area contributed by atoms with Crippen LogP contribution in [0.3, 0.4) is 0 Å². The van der Waals surface area contributed by atoms with E-state index < -0.39 is 23.5 Å². The average Bonchev–Trinajstić information content (AvgIpc) is 2.31. The Balaban J connectivity index is 2.87. The largest absolute Gasteiger partial charge is 0.480 e. The number of benzene rings is 1. The molecule has 0 saturated carbocycles. The fourth-order valence-electron chi connectivity index (χ4n) is 1.68. The highest BCUT2D eigenvalue weighted by atomic mass is 35.5. The molecule has 5 nitrogen and oxygen atoms in total. The summed E-state index contributed by atoms with van der Waals surface area (Å²) in [5.74, 6) is -1.11. The van der Waals surface area contributed by atoms with Gasteiger partial charge in [-0.2, -0.15) is 0 Å². The number of rotatable bonds is 3. The highest BCUT2D eigenvalue weighted by Gasteiger charge is 2.32. The Hall–Kier alpha value is -1.46. The number of halogens is 2. The number of carboxylic acid groups (broad SMARTS) is 1. The minimum absolute atomic E-state index is 0.322. The third kappa shape index (κ3) is 4.79. The van der Waals surface area contributed by atoms with Gasteiger partial charge in [-0.3, -0.25) is 0 Å². The number of anilines is 1. The maximum atomic E-state index is 11.9. The number of nitrogens with one attached hydrogen (secondary N) is 2. The Labute approximate surface area is 133 Å². The van der Waals surface area contributed by atoms with E-state index in [1.807, 2.05) is 0 Å². The average molecular weight is 333 g/mol. The van der Waals surface area contributed by atoms with Gasteiger partial charge in [0.25, 0.3) is 0 Å². The van der Waals surface area contributed by atoms with Gasteiger partial charge < -0.3 is 15.7 Å². The topological polar surface area (TPSA) is 78.4 Å². The zero-order valence-electron chi connectivity index (χ0n) is 12.3. The lowest BCUT2D eigenvalue weighted by molar-refractivity contribution is -0.141. The number of aliphatic carboxylic acids is 1. The summed E-state index contributed by atoms with van der Waals surface area (Å²) in [5, 5.41) is 14.9. The molecule has 0 heterocycles. The maximum absolute atomic E-state index is 11.9. The number of carbonyl (C=O) groups is 2. The highest BCUT2D eigenvalue weighted by molar-refractivity contribution is 6.36. The molecule has 1 rings (SSSR count). The van der Waals surface area contributed by atoms with Gasteiger partial charge in [0, 0.05) is 5.02 Å². The zero-order chi connectivity index (χ0) is 16.4. The van der Waals surface area contributed by atoms with E-state index in [9.17, 15) is 9.59 Å². The molecule has 0 unspecified atom stereocenters. The van der Waals surface area contributed by atoms with Crippen molar-refractivity contribution in [3.05, 3.63) is 27.7 Å². The monoisotopic (exact) mass is 332 g/mol. The van der Waals surface area contributed by atoms with Crippen LogP contribution in [0.1, 0.15) is 26.3 Å². The summed E-state index contributed by atoms with van der Waals surface area (Å²) in [6, 6.07) is 1.46.